The smallest absolute Gasteiger partial charge is 0.311 e. The Morgan fingerprint density at radius 2 is 1.45 bits per heavy atom. The molecule has 0 fully saturated rings. The van der Waals surface area contributed by atoms with Crippen molar-refractivity contribution >= 4 is 17.9 Å². The Hall–Kier alpha value is -1.59. The van der Waals surface area contributed by atoms with Gasteiger partial charge in [-0.2, -0.15) is 0 Å². The van der Waals surface area contributed by atoms with Crippen LogP contribution in [0.1, 0.15) is 53.9 Å². The van der Waals surface area contributed by atoms with Crippen LogP contribution in [0.5, 0.6) is 0 Å². The summed E-state index contributed by atoms with van der Waals surface area (Å²) >= 11 is 0. The number of carbonyl (C=O) groups is 3. The maximum Gasteiger partial charge on any atom is 0.311 e. The molecule has 0 amide bonds. The van der Waals surface area contributed by atoms with Crippen LogP contribution in [-0.2, 0) is 19.1 Å². The van der Waals surface area contributed by atoms with Crippen molar-refractivity contribution in [1.29, 1.82) is 0 Å². The van der Waals surface area contributed by atoms with Crippen molar-refractivity contribution in [3.05, 3.63) is 0 Å². The van der Waals surface area contributed by atoms with E-state index in [0.717, 1.165) is 6.42 Å². The van der Waals surface area contributed by atoms with Crippen molar-refractivity contribution in [2.24, 2.45) is 10.8 Å². The first-order valence-electron chi connectivity index (χ1n) is 6.50. The van der Waals surface area contributed by atoms with E-state index in [1.54, 1.807) is 6.92 Å². The van der Waals surface area contributed by atoms with Crippen LogP contribution in [0.3, 0.4) is 0 Å². The van der Waals surface area contributed by atoms with Crippen molar-refractivity contribution < 1.29 is 29.3 Å². The first kappa shape index (κ1) is 20.7. The van der Waals surface area contributed by atoms with Gasteiger partial charge in [0.25, 0.3) is 0 Å². The number of hydrogen-bond donors (Lipinski definition) is 2. The second kappa shape index (κ2) is 8.55. The Balaban J connectivity index is 0. The van der Waals surface area contributed by atoms with Crippen molar-refractivity contribution in [3.63, 3.8) is 0 Å². The number of carboxylic acid groups (broad SMARTS) is 2. The third-order valence-electron chi connectivity index (χ3n) is 3.46. The Kier molecular flexibility index (Phi) is 8.86. The van der Waals surface area contributed by atoms with Crippen LogP contribution in [0.15, 0.2) is 0 Å². The average molecular weight is 290 g/mol. The quantitative estimate of drug-likeness (QED) is 0.729. The maximum atomic E-state index is 10.8. The number of carboxylic acids is 2. The second-order valence-corrected chi connectivity index (χ2v) is 5.52. The van der Waals surface area contributed by atoms with Gasteiger partial charge in [0.1, 0.15) is 0 Å². The van der Waals surface area contributed by atoms with E-state index in [-0.39, 0.29) is 17.8 Å². The lowest BCUT2D eigenvalue weighted by atomic mass is 9.84. The number of aliphatic carboxylic acids is 2. The van der Waals surface area contributed by atoms with Gasteiger partial charge < -0.3 is 14.9 Å². The highest BCUT2D eigenvalue weighted by Gasteiger charge is 2.33. The monoisotopic (exact) mass is 290 g/mol. The number of hydrogen-bond acceptors (Lipinski definition) is 4. The van der Waals surface area contributed by atoms with Gasteiger partial charge in [-0.15, -0.1) is 0 Å². The van der Waals surface area contributed by atoms with Gasteiger partial charge in [-0.3, -0.25) is 14.4 Å². The molecule has 0 saturated carbocycles. The normalized spacial score (nSPS) is 13.5. The summed E-state index contributed by atoms with van der Waals surface area (Å²) in [7, 11) is 1.42. The van der Waals surface area contributed by atoms with Crippen LogP contribution < -0.4 is 0 Å². The van der Waals surface area contributed by atoms with Gasteiger partial charge in [0.05, 0.1) is 24.4 Å². The van der Waals surface area contributed by atoms with E-state index in [2.05, 4.69) is 4.74 Å². The molecule has 0 aromatic heterocycles. The van der Waals surface area contributed by atoms with E-state index in [0.29, 0.717) is 6.42 Å². The Labute approximate surface area is 120 Å². The van der Waals surface area contributed by atoms with Crippen molar-refractivity contribution in [1.82, 2.24) is 0 Å². The standard InChI is InChI=1S/C7H12O4.C7H14O2/c1-3-7(2,6(10)11)4-5(8)9;1-5-7(2,3)6(8)9-4/h3-4H2,1-2H3,(H,8,9)(H,10,11);5H2,1-4H3/t7-;/m0./s1. The summed E-state index contributed by atoms with van der Waals surface area (Å²) in [6.45, 7) is 8.81. The molecule has 0 aliphatic rings. The summed E-state index contributed by atoms with van der Waals surface area (Å²) in [5.41, 5.74) is -1.43. The lowest BCUT2D eigenvalue weighted by Crippen LogP contribution is -2.29. The van der Waals surface area contributed by atoms with Crippen LogP contribution in [0.2, 0.25) is 0 Å². The Morgan fingerprint density at radius 3 is 1.55 bits per heavy atom. The van der Waals surface area contributed by atoms with Crippen LogP contribution in [0.25, 0.3) is 0 Å². The van der Waals surface area contributed by atoms with Gasteiger partial charge in [-0.1, -0.05) is 13.8 Å². The number of ether oxygens (including phenoxy) is 1. The largest absolute Gasteiger partial charge is 0.481 e. The number of rotatable bonds is 6. The van der Waals surface area contributed by atoms with E-state index in [1.165, 1.54) is 14.0 Å². The third-order valence-corrected chi connectivity index (χ3v) is 3.46. The molecule has 0 unspecified atom stereocenters. The summed E-state index contributed by atoms with van der Waals surface area (Å²) in [5, 5.41) is 17.0. The predicted molar refractivity (Wildman–Crippen MR) is 74.4 cm³/mol. The predicted octanol–water partition coefficient (Wildman–Crippen LogP) is 2.56. The molecular formula is C14H26O6. The zero-order chi connectivity index (χ0) is 16.6. The van der Waals surface area contributed by atoms with Crippen LogP contribution >= 0.6 is 0 Å². The lowest BCUT2D eigenvalue weighted by Gasteiger charge is -2.19. The van der Waals surface area contributed by atoms with E-state index in [9.17, 15) is 14.4 Å². The maximum absolute atomic E-state index is 10.8. The van der Waals surface area contributed by atoms with Gasteiger partial charge in [-0.05, 0) is 33.6 Å². The first-order valence-corrected chi connectivity index (χ1v) is 6.50. The first-order chi connectivity index (χ1) is 8.96. The van der Waals surface area contributed by atoms with Crippen molar-refractivity contribution in [2.45, 2.75) is 53.9 Å². The fourth-order valence-corrected chi connectivity index (χ4v) is 1.11. The average Bonchev–Trinajstić information content (AvgIpc) is 2.37. The van der Waals surface area contributed by atoms with Crippen LogP contribution in [-0.4, -0.2) is 35.2 Å². The molecule has 6 heteroatoms. The molecule has 0 aliphatic carbocycles. The number of methoxy groups -OCH3 is 1. The molecule has 2 N–H and O–H groups in total. The summed E-state index contributed by atoms with van der Waals surface area (Å²) in [6.07, 6.45) is 0.827. The summed E-state index contributed by atoms with van der Waals surface area (Å²) in [4.78, 5) is 31.6. The molecule has 0 heterocycles. The topological polar surface area (TPSA) is 101 Å². The Bertz CT molecular complexity index is 348. The SMILES string of the molecule is CCC(C)(C)C(=O)OC.CC[C@@](C)(CC(=O)O)C(=O)O. The molecule has 0 spiro atoms. The van der Waals surface area contributed by atoms with Gasteiger partial charge in [0, 0.05) is 0 Å². The highest BCUT2D eigenvalue weighted by atomic mass is 16.5. The molecule has 0 aromatic carbocycles. The van der Waals surface area contributed by atoms with Gasteiger partial charge in [0.2, 0.25) is 0 Å². The highest BCUT2D eigenvalue weighted by Crippen LogP contribution is 2.25. The van der Waals surface area contributed by atoms with E-state index < -0.39 is 17.4 Å². The van der Waals surface area contributed by atoms with Crippen LogP contribution in [0.4, 0.5) is 0 Å². The molecule has 0 rings (SSSR count). The summed E-state index contributed by atoms with van der Waals surface area (Å²) < 4.78 is 4.57. The highest BCUT2D eigenvalue weighted by molar-refractivity contribution is 5.80. The van der Waals surface area contributed by atoms with Crippen molar-refractivity contribution in [2.75, 3.05) is 7.11 Å². The summed E-state index contributed by atoms with van der Waals surface area (Å²) in [6, 6.07) is 0. The van der Waals surface area contributed by atoms with Crippen molar-refractivity contribution in [3.8, 4) is 0 Å². The van der Waals surface area contributed by atoms with E-state index >= 15 is 0 Å². The third kappa shape index (κ3) is 7.11. The molecule has 0 saturated heterocycles. The van der Waals surface area contributed by atoms with E-state index in [1.807, 2.05) is 20.8 Å². The zero-order valence-electron chi connectivity index (χ0n) is 13.1. The molecule has 0 aromatic rings. The number of esters is 1. The molecule has 118 valence electrons. The molecule has 0 radical (unpaired) electrons. The van der Waals surface area contributed by atoms with Gasteiger partial charge >= 0.3 is 17.9 Å². The summed E-state index contributed by atoms with van der Waals surface area (Å²) in [5.74, 6) is -2.26. The minimum atomic E-state index is -1.12. The van der Waals surface area contributed by atoms with Crippen LogP contribution in [0, 0.1) is 10.8 Å². The van der Waals surface area contributed by atoms with E-state index in [4.69, 9.17) is 10.2 Å². The molecule has 20 heavy (non-hydrogen) atoms. The molecule has 0 bridgehead atoms. The fourth-order valence-electron chi connectivity index (χ4n) is 1.11. The molecule has 1 atom stereocenters. The van der Waals surface area contributed by atoms with Gasteiger partial charge in [-0.25, -0.2) is 0 Å². The number of carbonyl (C=O) groups excluding carboxylic acids is 1. The lowest BCUT2D eigenvalue weighted by molar-refractivity contribution is -0.154. The minimum absolute atomic E-state index is 0.134. The zero-order valence-corrected chi connectivity index (χ0v) is 13.1. The van der Waals surface area contributed by atoms with Gasteiger partial charge in [0.15, 0.2) is 0 Å². The second-order valence-electron chi connectivity index (χ2n) is 5.52. The fraction of sp³-hybridized carbons (Fsp3) is 0.786. The minimum Gasteiger partial charge on any atom is -0.481 e. The molecular weight excluding hydrogens is 264 g/mol. The Morgan fingerprint density at radius 1 is 1.00 bits per heavy atom. The molecule has 6 nitrogen and oxygen atoms in total. The molecule has 0 aliphatic heterocycles.